The third-order valence-corrected chi connectivity index (χ3v) is 4.60. The number of halogens is 3. The van der Waals surface area contributed by atoms with E-state index in [1.807, 2.05) is 0 Å². The smallest absolute Gasteiger partial charge is 0.341 e. The molecule has 1 atom stereocenters. The molecule has 1 saturated heterocycles. The fourth-order valence-corrected chi connectivity index (χ4v) is 3.10. The number of esters is 2. The highest BCUT2D eigenvalue weighted by atomic mass is 35.8. The lowest BCUT2D eigenvalue weighted by molar-refractivity contribution is -0.153. The monoisotopic (exact) mass is 274 g/mol. The van der Waals surface area contributed by atoms with Gasteiger partial charge >= 0.3 is 17.9 Å². The van der Waals surface area contributed by atoms with Crippen LogP contribution in [0, 0.1) is 5.92 Å². The molecule has 7 heteroatoms. The number of ether oxygens (including phenoxy) is 1. The number of rotatable bonds is 4. The molecule has 0 aromatic heterocycles. The Kier molecular flexibility index (Phi) is 4.25. The van der Waals surface area contributed by atoms with Crippen molar-refractivity contribution in [1.29, 1.82) is 0 Å². The van der Waals surface area contributed by atoms with Crippen LogP contribution in [0.25, 0.3) is 0 Å². The summed E-state index contributed by atoms with van der Waals surface area (Å²) in [6, 6.07) is -2.08. The Labute approximate surface area is 96.8 Å². The first kappa shape index (κ1) is 12.3. The molecule has 0 saturated carbocycles. The zero-order chi connectivity index (χ0) is 10.8. The SMILES string of the molecule is O=C1CC(CCC[Si](Cl)(Cl)Cl)C(=O)O1. The van der Waals surface area contributed by atoms with Gasteiger partial charge in [-0.2, -0.15) is 0 Å². The van der Waals surface area contributed by atoms with Crippen LogP contribution in [-0.4, -0.2) is 17.9 Å². The Morgan fingerprint density at radius 2 is 2.00 bits per heavy atom. The van der Waals surface area contributed by atoms with Gasteiger partial charge in [-0.05, 0) is 12.5 Å². The molecule has 1 rings (SSSR count). The second kappa shape index (κ2) is 4.83. The van der Waals surface area contributed by atoms with Gasteiger partial charge in [-0.3, -0.25) is 9.59 Å². The Balaban J connectivity index is 2.26. The highest BCUT2D eigenvalue weighted by Gasteiger charge is 2.34. The number of cyclic esters (lactones) is 2. The molecule has 0 radical (unpaired) electrons. The molecule has 0 aliphatic carbocycles. The quantitative estimate of drug-likeness (QED) is 0.343. The minimum absolute atomic E-state index is 0.167. The molecule has 1 fully saturated rings. The van der Waals surface area contributed by atoms with Crippen molar-refractivity contribution in [2.24, 2.45) is 5.92 Å². The average molecular weight is 276 g/mol. The molecule has 14 heavy (non-hydrogen) atoms. The molecule has 1 unspecified atom stereocenters. The molecule has 0 aromatic carbocycles. The van der Waals surface area contributed by atoms with Gasteiger partial charge in [0.1, 0.15) is 0 Å². The summed E-state index contributed by atoms with van der Waals surface area (Å²) >= 11 is 17.0. The molecule has 80 valence electrons. The lowest BCUT2D eigenvalue weighted by atomic mass is 10.0. The number of carbonyl (C=O) groups is 2. The molecular formula is C7H9Cl3O3Si. The Morgan fingerprint density at radius 3 is 2.43 bits per heavy atom. The summed E-state index contributed by atoms with van der Waals surface area (Å²) in [6.45, 7) is 0. The van der Waals surface area contributed by atoms with Crippen LogP contribution >= 0.6 is 33.2 Å². The number of hydrogen-bond donors (Lipinski definition) is 0. The maximum absolute atomic E-state index is 11.0. The van der Waals surface area contributed by atoms with E-state index in [1.54, 1.807) is 0 Å². The van der Waals surface area contributed by atoms with Crippen LogP contribution in [0.4, 0.5) is 0 Å². The van der Waals surface area contributed by atoms with E-state index < -0.39 is 17.9 Å². The normalized spacial score (nSPS) is 22.6. The number of hydrogen-bond acceptors (Lipinski definition) is 3. The third kappa shape index (κ3) is 4.17. The lowest BCUT2D eigenvalue weighted by Crippen LogP contribution is -2.12. The molecule has 0 aromatic rings. The summed E-state index contributed by atoms with van der Waals surface area (Å²) in [5.41, 5.74) is 0. The minimum Gasteiger partial charge on any atom is -0.393 e. The van der Waals surface area contributed by atoms with Crippen LogP contribution in [0.2, 0.25) is 6.04 Å². The van der Waals surface area contributed by atoms with Crippen LogP contribution < -0.4 is 0 Å². The summed E-state index contributed by atoms with van der Waals surface area (Å²) in [5, 5.41) is 0. The predicted molar refractivity (Wildman–Crippen MR) is 56.6 cm³/mol. The van der Waals surface area contributed by atoms with E-state index in [2.05, 4.69) is 4.74 Å². The van der Waals surface area contributed by atoms with Crippen molar-refractivity contribution in [3.05, 3.63) is 0 Å². The van der Waals surface area contributed by atoms with Gasteiger partial charge in [-0.15, -0.1) is 33.2 Å². The topological polar surface area (TPSA) is 43.4 Å². The van der Waals surface area contributed by atoms with Gasteiger partial charge in [-0.1, -0.05) is 6.42 Å². The van der Waals surface area contributed by atoms with Crippen LogP contribution in [0.5, 0.6) is 0 Å². The Morgan fingerprint density at radius 1 is 1.36 bits per heavy atom. The predicted octanol–water partition coefficient (Wildman–Crippen LogP) is 2.51. The van der Waals surface area contributed by atoms with Crippen LogP contribution in [0.1, 0.15) is 19.3 Å². The van der Waals surface area contributed by atoms with Gasteiger partial charge in [0.25, 0.3) is 0 Å². The first-order valence-corrected chi connectivity index (χ1v) is 9.44. The molecule has 1 aliphatic rings. The standard InChI is InChI=1S/C7H9Cl3O3Si/c8-14(9,10)3-1-2-5-4-6(11)13-7(5)12/h5H,1-4H2. The second-order valence-corrected chi connectivity index (χ2v) is 12.5. The second-order valence-electron chi connectivity index (χ2n) is 3.20. The van der Waals surface area contributed by atoms with Crippen molar-refractivity contribution in [2.45, 2.75) is 25.3 Å². The van der Waals surface area contributed by atoms with E-state index in [0.717, 1.165) is 0 Å². The summed E-state index contributed by atoms with van der Waals surface area (Å²) in [5.74, 6) is -1.23. The molecule has 1 heterocycles. The Bertz CT molecular complexity index is 251. The average Bonchev–Trinajstić information content (AvgIpc) is 2.27. The van der Waals surface area contributed by atoms with Gasteiger partial charge in [0.05, 0.1) is 12.3 Å². The van der Waals surface area contributed by atoms with Crippen molar-refractivity contribution in [3.63, 3.8) is 0 Å². The maximum Gasteiger partial charge on any atom is 0.341 e. The van der Waals surface area contributed by atoms with E-state index >= 15 is 0 Å². The van der Waals surface area contributed by atoms with Crippen LogP contribution in [0.3, 0.4) is 0 Å². The van der Waals surface area contributed by atoms with E-state index in [1.165, 1.54) is 0 Å². The molecule has 0 amide bonds. The maximum atomic E-state index is 11.0. The zero-order valence-electron chi connectivity index (χ0n) is 7.26. The molecule has 3 nitrogen and oxygen atoms in total. The highest BCUT2D eigenvalue weighted by Crippen LogP contribution is 2.30. The third-order valence-electron chi connectivity index (χ3n) is 1.97. The molecular weight excluding hydrogens is 267 g/mol. The van der Waals surface area contributed by atoms with Gasteiger partial charge in [-0.25, -0.2) is 0 Å². The highest BCUT2D eigenvalue weighted by molar-refractivity contribution is 7.64. The molecule has 0 N–H and O–H groups in total. The van der Waals surface area contributed by atoms with Crippen molar-refractivity contribution >= 4 is 51.2 Å². The zero-order valence-corrected chi connectivity index (χ0v) is 10.5. The van der Waals surface area contributed by atoms with E-state index in [9.17, 15) is 9.59 Å². The van der Waals surface area contributed by atoms with Crippen molar-refractivity contribution in [3.8, 4) is 0 Å². The van der Waals surface area contributed by atoms with E-state index in [0.29, 0.717) is 18.9 Å². The molecule has 0 bridgehead atoms. The fourth-order valence-electron chi connectivity index (χ4n) is 1.29. The van der Waals surface area contributed by atoms with Crippen molar-refractivity contribution in [2.75, 3.05) is 0 Å². The fraction of sp³-hybridized carbons (Fsp3) is 0.714. The summed E-state index contributed by atoms with van der Waals surface area (Å²) in [4.78, 5) is 21.7. The number of carbonyl (C=O) groups excluding carboxylic acids is 2. The van der Waals surface area contributed by atoms with E-state index in [-0.39, 0.29) is 12.3 Å². The first-order chi connectivity index (χ1) is 6.38. The van der Waals surface area contributed by atoms with Gasteiger partial charge in [0.15, 0.2) is 0 Å². The minimum atomic E-state index is -2.59. The van der Waals surface area contributed by atoms with Crippen molar-refractivity contribution in [1.82, 2.24) is 0 Å². The van der Waals surface area contributed by atoms with Crippen molar-refractivity contribution < 1.29 is 14.3 Å². The molecule has 1 aliphatic heterocycles. The summed E-state index contributed by atoms with van der Waals surface area (Å²) in [6.07, 6.45) is 1.38. The van der Waals surface area contributed by atoms with Crippen LogP contribution in [-0.2, 0) is 14.3 Å². The Hall–Kier alpha value is 0.227. The van der Waals surface area contributed by atoms with Gasteiger partial charge in [0.2, 0.25) is 0 Å². The first-order valence-electron chi connectivity index (χ1n) is 4.20. The summed E-state index contributed by atoms with van der Waals surface area (Å²) in [7, 11) is 0. The van der Waals surface area contributed by atoms with Gasteiger partial charge in [0, 0.05) is 0 Å². The van der Waals surface area contributed by atoms with Gasteiger partial charge < -0.3 is 4.74 Å². The van der Waals surface area contributed by atoms with Crippen LogP contribution in [0.15, 0.2) is 0 Å². The summed E-state index contributed by atoms with van der Waals surface area (Å²) < 4.78 is 4.39. The largest absolute Gasteiger partial charge is 0.393 e. The molecule has 0 spiro atoms. The van der Waals surface area contributed by atoms with E-state index in [4.69, 9.17) is 33.2 Å². The lowest BCUT2D eigenvalue weighted by Gasteiger charge is -2.08.